The summed E-state index contributed by atoms with van der Waals surface area (Å²) in [6.07, 6.45) is -4.46. The molecule has 0 aliphatic carbocycles. The van der Waals surface area contributed by atoms with Crippen molar-refractivity contribution in [1.82, 2.24) is 0 Å². The van der Waals surface area contributed by atoms with E-state index in [1.54, 1.807) is 18.2 Å². The van der Waals surface area contributed by atoms with E-state index in [4.69, 9.17) is 4.43 Å². The van der Waals surface area contributed by atoms with Crippen molar-refractivity contribution in [2.75, 3.05) is 0 Å². The average molecular weight is 489 g/mol. The van der Waals surface area contributed by atoms with Gasteiger partial charge in [-0.05, 0) is 66.0 Å². The summed E-state index contributed by atoms with van der Waals surface area (Å²) in [5.74, 6) is 0. The van der Waals surface area contributed by atoms with Gasteiger partial charge in [0.2, 0.25) is 0 Å². The van der Waals surface area contributed by atoms with E-state index in [-0.39, 0.29) is 10.6 Å². The van der Waals surface area contributed by atoms with Gasteiger partial charge in [-0.2, -0.15) is 13.2 Å². The minimum Gasteiger partial charge on any atom is -0.413 e. The molecule has 0 heterocycles. The van der Waals surface area contributed by atoms with Gasteiger partial charge in [0.05, 0.1) is 12.2 Å². The zero-order valence-corrected chi connectivity index (χ0v) is 20.2. The fraction of sp³-hybridized carbons (Fsp3) is 0.455. The zero-order chi connectivity index (χ0) is 22.3. The molecule has 0 aromatic heterocycles. The summed E-state index contributed by atoms with van der Waals surface area (Å²) >= 11 is 3.51. The first-order valence-electron chi connectivity index (χ1n) is 9.39. The number of hydrogen-bond donors (Lipinski definition) is 1. The van der Waals surface area contributed by atoms with Crippen molar-refractivity contribution in [3.05, 3.63) is 69.2 Å². The molecule has 7 heteroatoms. The van der Waals surface area contributed by atoms with E-state index in [2.05, 4.69) is 49.8 Å². The van der Waals surface area contributed by atoms with Crippen LogP contribution in [-0.2, 0) is 22.8 Å². The van der Waals surface area contributed by atoms with Crippen LogP contribution in [0.15, 0.2) is 46.9 Å². The first-order valence-corrected chi connectivity index (χ1v) is 13.1. The normalized spacial score (nSPS) is 15.3. The average Bonchev–Trinajstić information content (AvgIpc) is 2.59. The molecule has 0 saturated heterocycles. The molecule has 2 aromatic rings. The molecule has 0 radical (unpaired) electrons. The molecule has 2 rings (SSSR count). The number of rotatable bonds is 5. The van der Waals surface area contributed by atoms with Crippen molar-refractivity contribution >= 4 is 24.2 Å². The van der Waals surface area contributed by atoms with Crippen LogP contribution in [0.2, 0.25) is 18.1 Å². The molecule has 0 aliphatic rings. The van der Waals surface area contributed by atoms with Crippen LogP contribution in [0.5, 0.6) is 0 Å². The van der Waals surface area contributed by atoms with Crippen molar-refractivity contribution < 1.29 is 22.7 Å². The largest absolute Gasteiger partial charge is 0.416 e. The van der Waals surface area contributed by atoms with Gasteiger partial charge >= 0.3 is 6.18 Å². The molecule has 0 fully saturated rings. The van der Waals surface area contributed by atoms with Crippen LogP contribution in [0.3, 0.4) is 0 Å². The van der Waals surface area contributed by atoms with Gasteiger partial charge in [0.15, 0.2) is 8.32 Å². The molecule has 160 valence electrons. The van der Waals surface area contributed by atoms with Gasteiger partial charge in [0.25, 0.3) is 0 Å². The third-order valence-electron chi connectivity index (χ3n) is 5.75. The lowest BCUT2D eigenvalue weighted by atomic mass is 9.86. The van der Waals surface area contributed by atoms with Crippen LogP contribution in [0.4, 0.5) is 13.2 Å². The van der Waals surface area contributed by atoms with E-state index in [1.165, 1.54) is 19.1 Å². The Labute approximate surface area is 180 Å². The smallest absolute Gasteiger partial charge is 0.413 e. The summed E-state index contributed by atoms with van der Waals surface area (Å²) in [6.45, 7) is 12.6. The third-order valence-corrected chi connectivity index (χ3v) is 11.0. The minimum absolute atomic E-state index is 0.0562. The molecular weight excluding hydrogens is 461 g/mol. The molecule has 2 aromatic carbocycles. The van der Waals surface area contributed by atoms with Gasteiger partial charge in [0.1, 0.15) is 5.60 Å². The zero-order valence-electron chi connectivity index (χ0n) is 17.6. The third kappa shape index (κ3) is 5.51. The predicted octanol–water partition coefficient (Wildman–Crippen LogP) is 7.25. The number of benzene rings is 2. The second-order valence-electron chi connectivity index (χ2n) is 9.01. The Morgan fingerprint density at radius 2 is 1.48 bits per heavy atom. The Morgan fingerprint density at radius 1 is 0.931 bits per heavy atom. The second-order valence-corrected chi connectivity index (χ2v) is 14.7. The van der Waals surface area contributed by atoms with Crippen molar-refractivity contribution in [2.24, 2.45) is 0 Å². The lowest BCUT2D eigenvalue weighted by Gasteiger charge is -2.36. The lowest BCUT2D eigenvalue weighted by Crippen LogP contribution is -2.40. The van der Waals surface area contributed by atoms with Crippen LogP contribution in [0, 0.1) is 0 Å². The van der Waals surface area contributed by atoms with Crippen LogP contribution in [0.25, 0.3) is 0 Å². The van der Waals surface area contributed by atoms with E-state index >= 15 is 0 Å². The second kappa shape index (κ2) is 8.17. The van der Waals surface area contributed by atoms with E-state index in [0.29, 0.717) is 12.2 Å². The molecule has 0 amide bonds. The van der Waals surface area contributed by atoms with Crippen LogP contribution >= 0.6 is 15.9 Å². The molecule has 1 unspecified atom stereocenters. The highest BCUT2D eigenvalue weighted by Crippen LogP contribution is 2.39. The summed E-state index contributed by atoms with van der Waals surface area (Å²) in [4.78, 5) is 0. The van der Waals surface area contributed by atoms with Crippen LogP contribution < -0.4 is 0 Å². The van der Waals surface area contributed by atoms with Gasteiger partial charge in [0, 0.05) is 4.47 Å². The fourth-order valence-corrected chi connectivity index (χ4v) is 3.94. The maximum Gasteiger partial charge on any atom is 0.416 e. The quantitative estimate of drug-likeness (QED) is 0.449. The summed E-state index contributed by atoms with van der Waals surface area (Å²) in [5, 5.41) is 11.2. The monoisotopic (exact) mass is 488 g/mol. The van der Waals surface area contributed by atoms with Gasteiger partial charge < -0.3 is 9.53 Å². The summed E-state index contributed by atoms with van der Waals surface area (Å²) < 4.78 is 46.4. The molecule has 0 saturated carbocycles. The lowest BCUT2D eigenvalue weighted by molar-refractivity contribution is -0.137. The standard InChI is InChI=1S/C22H28BrF3O2Si/c1-20(2,3)29(5,6)28-14-15-12-17(10-11-19(15)23)21(4,27)16-8-7-9-18(13-16)22(24,25)26/h7-13,27H,14H2,1-6H3. The van der Waals surface area contributed by atoms with Crippen LogP contribution in [-0.4, -0.2) is 13.4 Å². The van der Waals surface area contributed by atoms with E-state index in [1.807, 2.05) is 0 Å². The molecule has 0 spiro atoms. The number of aliphatic hydroxyl groups is 1. The van der Waals surface area contributed by atoms with Gasteiger partial charge in [-0.25, -0.2) is 0 Å². The van der Waals surface area contributed by atoms with Crippen molar-refractivity contribution in [1.29, 1.82) is 0 Å². The van der Waals surface area contributed by atoms with Crippen molar-refractivity contribution in [3.63, 3.8) is 0 Å². The van der Waals surface area contributed by atoms with Crippen molar-refractivity contribution in [3.8, 4) is 0 Å². The topological polar surface area (TPSA) is 29.5 Å². The Balaban J connectivity index is 2.37. The maximum atomic E-state index is 13.1. The predicted molar refractivity (Wildman–Crippen MR) is 116 cm³/mol. The Kier molecular flexibility index (Phi) is 6.80. The molecule has 0 bridgehead atoms. The first kappa shape index (κ1) is 24.1. The molecule has 1 N–H and O–H groups in total. The van der Waals surface area contributed by atoms with Gasteiger partial charge in [-0.1, -0.05) is 54.9 Å². The Hall–Kier alpha value is -1.15. The molecule has 0 aliphatic heterocycles. The Morgan fingerprint density at radius 3 is 2.03 bits per heavy atom. The van der Waals surface area contributed by atoms with E-state index in [9.17, 15) is 18.3 Å². The highest BCUT2D eigenvalue weighted by Gasteiger charge is 2.37. The van der Waals surface area contributed by atoms with Crippen LogP contribution in [0.1, 0.15) is 49.9 Å². The number of alkyl halides is 3. The summed E-state index contributed by atoms with van der Waals surface area (Å²) in [7, 11) is -1.97. The summed E-state index contributed by atoms with van der Waals surface area (Å²) in [6, 6.07) is 10.1. The highest BCUT2D eigenvalue weighted by molar-refractivity contribution is 9.10. The summed E-state index contributed by atoms with van der Waals surface area (Å²) in [5.41, 5.74) is -0.818. The fourth-order valence-electron chi connectivity index (χ4n) is 2.63. The molecule has 29 heavy (non-hydrogen) atoms. The molecular formula is C22H28BrF3O2Si. The molecule has 1 atom stereocenters. The van der Waals surface area contributed by atoms with Crippen molar-refractivity contribution in [2.45, 2.75) is 64.2 Å². The van der Waals surface area contributed by atoms with E-state index in [0.717, 1.165) is 22.2 Å². The van der Waals surface area contributed by atoms with Gasteiger partial charge in [-0.3, -0.25) is 0 Å². The first-order chi connectivity index (χ1) is 13.1. The Bertz CT molecular complexity index is 871. The van der Waals surface area contributed by atoms with E-state index < -0.39 is 25.7 Å². The molecule has 2 nitrogen and oxygen atoms in total. The maximum absolute atomic E-state index is 13.1. The van der Waals surface area contributed by atoms with Gasteiger partial charge in [-0.15, -0.1) is 0 Å². The SMILES string of the molecule is CC(O)(c1cccc(C(F)(F)F)c1)c1ccc(Br)c(CO[Si](C)(C)C(C)(C)C)c1. The number of hydrogen-bond acceptors (Lipinski definition) is 2. The number of halogens is 4. The highest BCUT2D eigenvalue weighted by atomic mass is 79.9. The minimum atomic E-state index is -4.46.